The number of halogens is 12. The molecule has 1 aliphatic carbocycles. The number of benzene rings is 4. The molecule has 4 aromatic carbocycles. The van der Waals surface area contributed by atoms with E-state index >= 15 is 0 Å². The van der Waals surface area contributed by atoms with Crippen LogP contribution in [0.2, 0.25) is 0 Å². The zero-order valence-corrected chi connectivity index (χ0v) is 43.7. The first-order chi connectivity index (χ1) is 36.2. The Hall–Kier alpha value is -5.28. The minimum atomic E-state index is -4.98. The Balaban J connectivity index is 0.000000226. The molecular formula is C53H55F12N5O6S2. The summed E-state index contributed by atoms with van der Waals surface area (Å²) < 4.78 is 225. The smallest absolute Gasteiger partial charge is 0.373 e. The van der Waals surface area contributed by atoms with Crippen LogP contribution in [0.1, 0.15) is 122 Å². The van der Waals surface area contributed by atoms with Gasteiger partial charge in [-0.2, -0.15) is 71.8 Å². The lowest BCUT2D eigenvalue weighted by Gasteiger charge is -2.47. The van der Waals surface area contributed by atoms with Crippen molar-refractivity contribution in [1.29, 1.82) is 10.5 Å². The number of hydrogen-bond donors (Lipinski definition) is 1. The number of nitriles is 2. The van der Waals surface area contributed by atoms with Gasteiger partial charge in [0.15, 0.2) is 0 Å². The van der Waals surface area contributed by atoms with Gasteiger partial charge in [0, 0.05) is 25.0 Å². The summed E-state index contributed by atoms with van der Waals surface area (Å²) in [4.78, 5) is 0. The normalized spacial score (nSPS) is 26.7. The molecule has 3 saturated heterocycles. The van der Waals surface area contributed by atoms with Crippen molar-refractivity contribution < 1.29 is 79.0 Å². The highest BCUT2D eigenvalue weighted by Gasteiger charge is 2.54. The van der Waals surface area contributed by atoms with Gasteiger partial charge in [-0.1, -0.05) is 60.7 Å². The molecule has 4 atom stereocenters. The number of nitrogens with zero attached hydrogens (tertiary/aromatic N) is 4. The molecule has 424 valence electrons. The highest BCUT2D eigenvalue weighted by atomic mass is 32.2. The lowest BCUT2D eigenvalue weighted by atomic mass is 9.64. The SMILES string of the molecule is C[C@@H](OCC1(c2ccccc2)CCC(C#N)(N2CCCS2(=O)=O)CC1)c1cc(C(F)(F)F)cc(C(F)(F)F)c1.C[C@@H](OC[C@@]1(c2ccccc2)CC[C@](C#N)(N2CCCS2(=O)=O)CN1)c1cc(C(F)(F)F)cc(C(F)(F)F)c1. The van der Waals surface area contributed by atoms with Gasteiger partial charge in [0.25, 0.3) is 0 Å². The summed E-state index contributed by atoms with van der Waals surface area (Å²) in [5, 5.41) is 23.3. The molecule has 0 radical (unpaired) electrons. The van der Waals surface area contributed by atoms with Crippen LogP contribution >= 0.6 is 0 Å². The molecule has 0 unspecified atom stereocenters. The molecule has 4 aliphatic rings. The number of ether oxygens (including phenoxy) is 2. The molecule has 3 aliphatic heterocycles. The molecule has 4 aromatic rings. The molecule has 3 heterocycles. The fraction of sp³-hybridized carbons (Fsp3) is 0.509. The summed E-state index contributed by atoms with van der Waals surface area (Å²) in [7, 11) is -7.15. The molecule has 0 amide bonds. The van der Waals surface area contributed by atoms with Crippen LogP contribution in [0.4, 0.5) is 52.7 Å². The van der Waals surface area contributed by atoms with Crippen LogP contribution in [0.15, 0.2) is 97.1 Å². The first kappa shape index (κ1) is 60.4. The Morgan fingerprint density at radius 3 is 1.26 bits per heavy atom. The van der Waals surface area contributed by atoms with Gasteiger partial charge in [0.1, 0.15) is 11.1 Å². The fourth-order valence-electron chi connectivity index (χ4n) is 10.8. The van der Waals surface area contributed by atoms with Crippen molar-refractivity contribution in [1.82, 2.24) is 13.9 Å². The standard InChI is InChI=1S/C27H28F6N2O3S.C26H27F6N3O3S/c1-19(20-14-22(26(28,29)30)16-23(15-20)27(31,32)33)38-18-24(21-6-3-2-4-7-21)8-10-25(17-34,11-9-24)35-12-5-13-39(35,36)37;1-18(19-12-21(25(27,28)29)14-22(13-19)26(30,31)32)38-17-24(20-6-3-2-4-7-20)9-8-23(15-33,16-34-24)35-10-5-11-39(35,36)37/h2-4,6-7,14-16,19H,5,8-13,18H2,1H3;2-4,6-7,12-14,18,34H,5,8-11,16-17H2,1H3/t19-,24?,25?;18-,23-,24-/m11/s1. The maximum Gasteiger partial charge on any atom is 0.416 e. The van der Waals surface area contributed by atoms with Crippen molar-refractivity contribution in [3.8, 4) is 12.1 Å². The predicted molar refractivity (Wildman–Crippen MR) is 260 cm³/mol. The van der Waals surface area contributed by atoms with Gasteiger partial charge >= 0.3 is 24.7 Å². The second-order valence-corrected chi connectivity index (χ2v) is 24.3. The van der Waals surface area contributed by atoms with Crippen molar-refractivity contribution in [3.63, 3.8) is 0 Å². The van der Waals surface area contributed by atoms with Gasteiger partial charge in [-0.05, 0) is 124 Å². The Labute approximate surface area is 444 Å². The van der Waals surface area contributed by atoms with E-state index < -0.39 is 101 Å². The zero-order valence-electron chi connectivity index (χ0n) is 42.1. The van der Waals surface area contributed by atoms with Crippen molar-refractivity contribution in [2.24, 2.45) is 0 Å². The molecule has 25 heteroatoms. The van der Waals surface area contributed by atoms with Gasteiger partial charge in [0.05, 0.1) is 76.9 Å². The molecule has 8 rings (SSSR count). The molecule has 0 spiro atoms. The van der Waals surface area contributed by atoms with E-state index in [1.54, 1.807) is 48.5 Å². The van der Waals surface area contributed by atoms with E-state index in [2.05, 4.69) is 17.5 Å². The first-order valence-corrected chi connectivity index (χ1v) is 28.0. The van der Waals surface area contributed by atoms with E-state index in [-0.39, 0.29) is 93.3 Å². The third-order valence-electron chi connectivity index (χ3n) is 15.3. The lowest BCUT2D eigenvalue weighted by molar-refractivity contribution is -0.145. The Morgan fingerprint density at radius 1 is 0.538 bits per heavy atom. The molecular weight excluding hydrogens is 1090 g/mol. The fourth-order valence-corrected chi connectivity index (χ4v) is 14.5. The monoisotopic (exact) mass is 1150 g/mol. The third kappa shape index (κ3) is 13.0. The highest BCUT2D eigenvalue weighted by molar-refractivity contribution is 7.89. The van der Waals surface area contributed by atoms with Gasteiger partial charge in [-0.15, -0.1) is 0 Å². The number of sulfonamides is 2. The second-order valence-electron chi connectivity index (χ2n) is 20.3. The van der Waals surface area contributed by atoms with Gasteiger partial charge < -0.3 is 14.8 Å². The van der Waals surface area contributed by atoms with Crippen molar-refractivity contribution in [3.05, 3.63) is 142 Å². The van der Waals surface area contributed by atoms with E-state index in [1.807, 2.05) is 12.1 Å². The molecule has 0 bridgehead atoms. The van der Waals surface area contributed by atoms with E-state index in [0.29, 0.717) is 49.9 Å². The minimum absolute atomic E-state index is 0.0161. The maximum absolute atomic E-state index is 13.4. The molecule has 1 N–H and O–H groups in total. The number of nitrogens with one attached hydrogen (secondary N) is 1. The summed E-state index contributed by atoms with van der Waals surface area (Å²) in [6, 6.07) is 25.2. The van der Waals surface area contributed by atoms with E-state index in [0.717, 1.165) is 11.1 Å². The third-order valence-corrected chi connectivity index (χ3v) is 19.4. The summed E-state index contributed by atoms with van der Waals surface area (Å²) in [6.07, 6.45) is -19.8. The van der Waals surface area contributed by atoms with Crippen molar-refractivity contribution in [2.75, 3.05) is 44.4 Å². The summed E-state index contributed by atoms with van der Waals surface area (Å²) in [6.45, 7) is 3.03. The number of rotatable bonds is 12. The van der Waals surface area contributed by atoms with Crippen LogP contribution in [0, 0.1) is 22.7 Å². The van der Waals surface area contributed by atoms with Crippen LogP contribution in [0.25, 0.3) is 0 Å². The Bertz CT molecular complexity index is 2800. The summed E-state index contributed by atoms with van der Waals surface area (Å²) in [5.41, 5.74) is -8.86. The van der Waals surface area contributed by atoms with Gasteiger partial charge in [-0.25, -0.2) is 16.8 Å². The van der Waals surface area contributed by atoms with Crippen LogP contribution < -0.4 is 5.32 Å². The molecule has 4 fully saturated rings. The maximum atomic E-state index is 13.4. The summed E-state index contributed by atoms with van der Waals surface area (Å²) in [5.74, 6) is -0.0599. The minimum Gasteiger partial charge on any atom is -0.373 e. The van der Waals surface area contributed by atoms with Gasteiger partial charge in [0.2, 0.25) is 20.0 Å². The lowest BCUT2D eigenvalue weighted by Crippen LogP contribution is -2.64. The molecule has 0 aromatic heterocycles. The van der Waals surface area contributed by atoms with Gasteiger partial charge in [-0.3, -0.25) is 0 Å². The van der Waals surface area contributed by atoms with Crippen LogP contribution in [0.5, 0.6) is 0 Å². The Morgan fingerprint density at radius 2 is 0.910 bits per heavy atom. The van der Waals surface area contributed by atoms with Crippen molar-refractivity contribution >= 4 is 20.0 Å². The first-order valence-electron chi connectivity index (χ1n) is 24.8. The van der Waals surface area contributed by atoms with Crippen molar-refractivity contribution in [2.45, 2.75) is 124 Å². The Kier molecular flexibility index (Phi) is 17.3. The predicted octanol–water partition coefficient (Wildman–Crippen LogP) is 12.0. The molecule has 78 heavy (non-hydrogen) atoms. The van der Waals surface area contributed by atoms with E-state index in [4.69, 9.17) is 9.47 Å². The van der Waals surface area contributed by atoms with Crippen LogP contribution in [0.3, 0.4) is 0 Å². The summed E-state index contributed by atoms with van der Waals surface area (Å²) >= 11 is 0. The molecule has 1 saturated carbocycles. The van der Waals surface area contributed by atoms with E-state index in [9.17, 15) is 80.0 Å². The second kappa shape index (κ2) is 22.3. The number of hydrogen-bond acceptors (Lipinski definition) is 9. The zero-order chi connectivity index (χ0) is 57.4. The van der Waals surface area contributed by atoms with Crippen LogP contribution in [-0.2, 0) is 65.2 Å². The molecule has 11 nitrogen and oxygen atoms in total. The number of piperidine rings is 1. The van der Waals surface area contributed by atoms with E-state index in [1.165, 1.54) is 22.5 Å². The average Bonchev–Trinajstić information content (AvgIpc) is 4.06. The van der Waals surface area contributed by atoms with Crippen LogP contribution in [-0.4, -0.2) is 80.9 Å². The topological polar surface area (TPSA) is 153 Å². The highest BCUT2D eigenvalue weighted by Crippen LogP contribution is 2.49. The average molecular weight is 1150 g/mol. The number of alkyl halides is 12. The largest absolute Gasteiger partial charge is 0.416 e. The quantitative estimate of drug-likeness (QED) is 0.137.